The summed E-state index contributed by atoms with van der Waals surface area (Å²) in [6, 6.07) is 0. The van der Waals surface area contributed by atoms with Gasteiger partial charge in [0.1, 0.15) is 49.3 Å². The van der Waals surface area contributed by atoms with E-state index >= 15 is 0 Å². The summed E-state index contributed by atoms with van der Waals surface area (Å²) in [7, 11) is 0. The molecule has 2 saturated heterocycles. The number of ether oxygens (including phenoxy) is 4. The molecule has 0 spiro atoms. The highest BCUT2D eigenvalue weighted by Crippen LogP contribution is 2.36. The molecule has 0 saturated carbocycles. The molecule has 0 radical (unpaired) electrons. The van der Waals surface area contributed by atoms with Crippen LogP contribution in [-0.2, 0) is 18.9 Å². The van der Waals surface area contributed by atoms with E-state index in [2.05, 4.69) is 6.92 Å². The van der Waals surface area contributed by atoms with Gasteiger partial charge in [0.2, 0.25) is 5.79 Å². The van der Waals surface area contributed by atoms with Crippen molar-refractivity contribution in [2.24, 2.45) is 0 Å². The minimum absolute atomic E-state index is 0.320. The van der Waals surface area contributed by atoms with Gasteiger partial charge in [0, 0.05) is 6.61 Å². The molecule has 9 atom stereocenters. The Morgan fingerprint density at radius 1 is 0.692 bits per heavy atom. The lowest BCUT2D eigenvalue weighted by Gasteiger charge is -2.43. The topological polar surface area (TPSA) is 179 Å². The summed E-state index contributed by atoms with van der Waals surface area (Å²) in [5.74, 6) is -0.0280. The summed E-state index contributed by atoms with van der Waals surface area (Å²) in [6.45, 7) is 0.952. The lowest BCUT2D eigenvalue weighted by molar-refractivity contribution is -0.385. The van der Waals surface area contributed by atoms with Crippen LogP contribution in [0, 0.1) is 0 Å². The zero-order valence-electron chi connectivity index (χ0n) is 23.3. The van der Waals surface area contributed by atoms with Crippen molar-refractivity contribution in [3.8, 4) is 0 Å². The van der Waals surface area contributed by atoms with Crippen molar-refractivity contribution in [2.45, 2.75) is 132 Å². The van der Waals surface area contributed by atoms with E-state index < -0.39 is 68.0 Å². The van der Waals surface area contributed by atoms with Crippen LogP contribution in [0.3, 0.4) is 0 Å². The lowest BCUT2D eigenvalue weighted by atomic mass is 9.99. The molecule has 2 aliphatic heterocycles. The quantitative estimate of drug-likeness (QED) is 0.0940. The third-order valence-electron chi connectivity index (χ3n) is 7.37. The predicted octanol–water partition coefficient (Wildman–Crippen LogP) is 0.673. The van der Waals surface area contributed by atoms with Crippen LogP contribution in [0.4, 0.5) is 0 Å². The highest BCUT2D eigenvalue weighted by molar-refractivity contribution is 7.99. The molecule has 0 aromatic carbocycles. The minimum atomic E-state index is -2.01. The maximum Gasteiger partial charge on any atom is 0.224 e. The molecule has 39 heavy (non-hydrogen) atoms. The lowest BCUT2D eigenvalue weighted by Crippen LogP contribution is -2.62. The van der Waals surface area contributed by atoms with Crippen LogP contribution in [0.5, 0.6) is 0 Å². The molecule has 2 aliphatic rings. The Labute approximate surface area is 236 Å². The summed E-state index contributed by atoms with van der Waals surface area (Å²) in [6.07, 6.45) is 1.66. The maximum atomic E-state index is 10.7. The van der Waals surface area contributed by atoms with E-state index in [1.54, 1.807) is 0 Å². The van der Waals surface area contributed by atoms with Gasteiger partial charge >= 0.3 is 0 Å². The Bertz CT molecular complexity index is 631. The molecule has 7 N–H and O–H groups in total. The second kappa shape index (κ2) is 19.2. The van der Waals surface area contributed by atoms with Crippen molar-refractivity contribution in [1.29, 1.82) is 0 Å². The van der Waals surface area contributed by atoms with Gasteiger partial charge in [-0.15, -0.1) is 0 Å². The summed E-state index contributed by atoms with van der Waals surface area (Å²) in [5, 5.41) is 70.4. The molecule has 11 nitrogen and oxygen atoms in total. The summed E-state index contributed by atoms with van der Waals surface area (Å²) < 4.78 is 22.4. The monoisotopic (exact) mass is 584 g/mol. The van der Waals surface area contributed by atoms with Gasteiger partial charge in [0.15, 0.2) is 6.29 Å². The molecule has 232 valence electrons. The van der Waals surface area contributed by atoms with E-state index in [-0.39, 0.29) is 6.61 Å². The molecule has 0 bridgehead atoms. The first-order valence-corrected chi connectivity index (χ1v) is 15.7. The third-order valence-corrected chi connectivity index (χ3v) is 8.53. The minimum Gasteiger partial charge on any atom is -0.394 e. The van der Waals surface area contributed by atoms with Gasteiger partial charge in [-0.05, 0) is 24.3 Å². The van der Waals surface area contributed by atoms with E-state index in [1.807, 2.05) is 11.8 Å². The van der Waals surface area contributed by atoms with Gasteiger partial charge in [-0.2, -0.15) is 11.8 Å². The van der Waals surface area contributed by atoms with Crippen LogP contribution in [0.25, 0.3) is 0 Å². The fourth-order valence-corrected chi connectivity index (χ4v) is 5.82. The van der Waals surface area contributed by atoms with Gasteiger partial charge in [-0.3, -0.25) is 0 Å². The zero-order chi connectivity index (χ0) is 28.7. The Kier molecular flexibility index (Phi) is 17.3. The van der Waals surface area contributed by atoms with Crippen LogP contribution < -0.4 is 0 Å². The fourth-order valence-electron chi connectivity index (χ4n) is 4.89. The molecule has 0 aromatic rings. The number of rotatable bonds is 21. The standard InChI is InChI=1S/C27H52O11S/c1-2-3-4-5-6-7-8-9-10-11-14-39-15-12-13-35-18-27(25(34)22(31)20(17-29)37-27)38-26-24(33)23(32)21(30)19(16-28)36-26/h19-26,28-34H,2-18H2,1H3/t19-,20-,21-,22-,23+,24-,25+,26-,27+/m1/s1. The molecule has 0 unspecified atom stereocenters. The third kappa shape index (κ3) is 10.9. The maximum absolute atomic E-state index is 10.7. The largest absolute Gasteiger partial charge is 0.394 e. The molecule has 2 rings (SSSR count). The number of aliphatic hydroxyl groups is 7. The predicted molar refractivity (Wildman–Crippen MR) is 146 cm³/mol. The molecular formula is C27H52O11S. The highest BCUT2D eigenvalue weighted by Gasteiger charge is 2.58. The smallest absolute Gasteiger partial charge is 0.224 e. The molecule has 0 amide bonds. The van der Waals surface area contributed by atoms with Crippen LogP contribution in [0.1, 0.15) is 77.6 Å². The summed E-state index contributed by atoms with van der Waals surface area (Å²) >= 11 is 1.86. The first-order chi connectivity index (χ1) is 18.8. The van der Waals surface area contributed by atoms with Crippen LogP contribution in [0.2, 0.25) is 0 Å². The second-order valence-corrected chi connectivity index (χ2v) is 11.8. The average molecular weight is 585 g/mol. The van der Waals surface area contributed by atoms with Gasteiger partial charge in [0.05, 0.1) is 13.2 Å². The zero-order valence-corrected chi connectivity index (χ0v) is 24.1. The fraction of sp³-hybridized carbons (Fsp3) is 1.00. The van der Waals surface area contributed by atoms with Gasteiger partial charge in [-0.1, -0.05) is 64.7 Å². The molecular weight excluding hydrogens is 532 g/mol. The Hall–Kier alpha value is -0.0900. The number of hydrogen-bond acceptors (Lipinski definition) is 12. The SMILES string of the molecule is CCCCCCCCCCCCSCCCOC[C@@]1(O[C@H]2O[C@H](CO)[C@@H](O)[C@H](O)[C@H]2O)O[C@H](CO)[C@@H](O)[C@@H]1O. The van der Waals surface area contributed by atoms with Crippen molar-refractivity contribution in [3.63, 3.8) is 0 Å². The van der Waals surface area contributed by atoms with Gasteiger partial charge in [-0.25, -0.2) is 0 Å². The average Bonchev–Trinajstić information content (AvgIpc) is 3.17. The first kappa shape index (κ1) is 35.1. The molecule has 12 heteroatoms. The van der Waals surface area contributed by atoms with E-state index in [9.17, 15) is 35.7 Å². The van der Waals surface area contributed by atoms with E-state index in [1.165, 1.54) is 64.2 Å². The normalized spacial score (nSPS) is 35.1. The summed E-state index contributed by atoms with van der Waals surface area (Å²) in [4.78, 5) is 0. The molecule has 2 fully saturated rings. The number of aliphatic hydroxyl groups excluding tert-OH is 7. The van der Waals surface area contributed by atoms with Gasteiger partial charge in [0.25, 0.3) is 0 Å². The molecule has 0 aliphatic carbocycles. The van der Waals surface area contributed by atoms with E-state index in [0.717, 1.165) is 17.9 Å². The van der Waals surface area contributed by atoms with Crippen LogP contribution in [-0.4, -0.2) is 128 Å². The Morgan fingerprint density at radius 2 is 1.28 bits per heavy atom. The van der Waals surface area contributed by atoms with Crippen molar-refractivity contribution in [3.05, 3.63) is 0 Å². The number of hydrogen-bond donors (Lipinski definition) is 7. The second-order valence-electron chi connectivity index (χ2n) is 10.6. The van der Waals surface area contributed by atoms with Crippen molar-refractivity contribution in [1.82, 2.24) is 0 Å². The van der Waals surface area contributed by atoms with Crippen LogP contribution >= 0.6 is 11.8 Å². The van der Waals surface area contributed by atoms with Crippen molar-refractivity contribution in [2.75, 3.05) is 37.9 Å². The molecule has 0 aromatic heterocycles. The van der Waals surface area contributed by atoms with Crippen molar-refractivity contribution >= 4 is 11.8 Å². The van der Waals surface area contributed by atoms with E-state index in [4.69, 9.17) is 18.9 Å². The van der Waals surface area contributed by atoms with Gasteiger partial charge < -0.3 is 54.7 Å². The van der Waals surface area contributed by atoms with E-state index in [0.29, 0.717) is 6.61 Å². The molecule has 2 heterocycles. The van der Waals surface area contributed by atoms with Crippen molar-refractivity contribution < 1.29 is 54.7 Å². The van der Waals surface area contributed by atoms with Crippen LogP contribution in [0.15, 0.2) is 0 Å². The highest BCUT2D eigenvalue weighted by atomic mass is 32.2. The Balaban J connectivity index is 1.70. The summed E-state index contributed by atoms with van der Waals surface area (Å²) in [5.41, 5.74) is 0. The Morgan fingerprint density at radius 3 is 1.87 bits per heavy atom. The number of unbranched alkanes of at least 4 members (excludes halogenated alkanes) is 9. The number of thioether (sulfide) groups is 1. The first-order valence-electron chi connectivity index (χ1n) is 14.6.